The Hall–Kier alpha value is -2.36. The molecule has 1 atom stereocenters. The van der Waals surface area contributed by atoms with Crippen molar-refractivity contribution in [3.05, 3.63) is 63.1 Å². The number of carbonyl (C=O) groups is 1. The van der Waals surface area contributed by atoms with Crippen molar-refractivity contribution in [2.45, 2.75) is 39.0 Å². The fraction of sp³-hybridized carbons (Fsp3) is 0.368. The number of fused-ring (bicyclic) bond motifs is 1. The summed E-state index contributed by atoms with van der Waals surface area (Å²) in [5.41, 5.74) is 3.48. The number of ether oxygens (including phenoxy) is 1. The molecule has 0 amide bonds. The van der Waals surface area contributed by atoms with Gasteiger partial charge in [0, 0.05) is 24.7 Å². The van der Waals surface area contributed by atoms with E-state index in [0.717, 1.165) is 11.3 Å². The second-order valence-corrected chi connectivity index (χ2v) is 6.48. The molecule has 1 aromatic heterocycles. The number of hydrogen-bond donors (Lipinski definition) is 0. The van der Waals surface area contributed by atoms with Crippen LogP contribution in [0.5, 0.6) is 5.75 Å². The molecule has 1 aromatic carbocycles. The molecule has 1 aliphatic heterocycles. The zero-order valence-electron chi connectivity index (χ0n) is 13.9. The summed E-state index contributed by atoms with van der Waals surface area (Å²) in [4.78, 5) is 24.6. The van der Waals surface area contributed by atoms with Crippen molar-refractivity contribution in [3.63, 3.8) is 0 Å². The standard InChI is InChI=1S/C19H21NO3/c1-11(2)13-5-7-14(8-6-13)15-10-17(21)23-16-9-12(3)20(4)19(22)18(15)16/h5-9,11,15H,10H2,1-4H3/t15-/m1/s1. The number of pyridine rings is 1. The van der Waals surface area contributed by atoms with E-state index in [9.17, 15) is 9.59 Å². The predicted molar refractivity (Wildman–Crippen MR) is 89.0 cm³/mol. The van der Waals surface area contributed by atoms with Gasteiger partial charge >= 0.3 is 5.97 Å². The Morgan fingerprint density at radius 2 is 1.83 bits per heavy atom. The Bertz CT molecular complexity index is 816. The molecule has 2 aromatic rings. The maximum Gasteiger partial charge on any atom is 0.312 e. The van der Waals surface area contributed by atoms with Gasteiger partial charge in [-0.3, -0.25) is 9.59 Å². The molecule has 0 spiro atoms. The van der Waals surface area contributed by atoms with Gasteiger partial charge in [-0.2, -0.15) is 0 Å². The Labute approximate surface area is 135 Å². The molecule has 1 aliphatic rings. The monoisotopic (exact) mass is 311 g/mol. The number of carbonyl (C=O) groups excluding carboxylic acids is 1. The van der Waals surface area contributed by atoms with Gasteiger partial charge in [0.15, 0.2) is 0 Å². The van der Waals surface area contributed by atoms with Gasteiger partial charge in [0.25, 0.3) is 5.56 Å². The van der Waals surface area contributed by atoms with Crippen LogP contribution in [0.2, 0.25) is 0 Å². The van der Waals surface area contributed by atoms with Crippen LogP contribution in [0, 0.1) is 6.92 Å². The SMILES string of the molecule is Cc1cc2c(c(=O)n1C)[C@@H](c1ccc(C(C)C)cc1)CC(=O)O2. The molecule has 2 heterocycles. The second-order valence-electron chi connectivity index (χ2n) is 6.48. The minimum atomic E-state index is -0.289. The molecule has 120 valence electrons. The largest absolute Gasteiger partial charge is 0.426 e. The summed E-state index contributed by atoms with van der Waals surface area (Å²) in [5, 5.41) is 0. The van der Waals surface area contributed by atoms with Crippen LogP contribution in [0.4, 0.5) is 0 Å². The van der Waals surface area contributed by atoms with E-state index in [-0.39, 0.29) is 23.9 Å². The fourth-order valence-corrected chi connectivity index (χ4v) is 3.05. The highest BCUT2D eigenvalue weighted by Crippen LogP contribution is 2.37. The highest BCUT2D eigenvalue weighted by atomic mass is 16.5. The Morgan fingerprint density at radius 3 is 2.43 bits per heavy atom. The fourth-order valence-electron chi connectivity index (χ4n) is 3.05. The molecule has 0 saturated heterocycles. The lowest BCUT2D eigenvalue weighted by atomic mass is 9.86. The normalized spacial score (nSPS) is 17.1. The molecule has 0 unspecified atom stereocenters. The predicted octanol–water partition coefficient (Wildman–Crippen LogP) is 3.26. The van der Waals surface area contributed by atoms with E-state index in [1.54, 1.807) is 17.7 Å². The highest BCUT2D eigenvalue weighted by molar-refractivity contribution is 5.77. The first-order valence-electron chi connectivity index (χ1n) is 7.89. The summed E-state index contributed by atoms with van der Waals surface area (Å²) in [6, 6.07) is 9.93. The lowest BCUT2D eigenvalue weighted by molar-refractivity contribution is -0.135. The van der Waals surface area contributed by atoms with Gasteiger partial charge in [0.1, 0.15) is 5.75 Å². The number of hydrogen-bond acceptors (Lipinski definition) is 3. The number of esters is 1. The van der Waals surface area contributed by atoms with Crippen LogP contribution >= 0.6 is 0 Å². The number of nitrogens with zero attached hydrogens (tertiary/aromatic N) is 1. The quantitative estimate of drug-likeness (QED) is 0.800. The molecule has 0 bridgehead atoms. The third kappa shape index (κ3) is 2.69. The van der Waals surface area contributed by atoms with E-state index in [2.05, 4.69) is 26.0 Å². The van der Waals surface area contributed by atoms with Crippen LogP contribution in [0.15, 0.2) is 35.1 Å². The number of benzene rings is 1. The molecule has 4 heteroatoms. The van der Waals surface area contributed by atoms with Crippen molar-refractivity contribution in [1.82, 2.24) is 4.57 Å². The molecule has 0 radical (unpaired) electrons. The molecule has 0 aliphatic carbocycles. The summed E-state index contributed by atoms with van der Waals surface area (Å²) < 4.78 is 6.91. The number of rotatable bonds is 2. The van der Waals surface area contributed by atoms with E-state index in [1.165, 1.54) is 5.56 Å². The Kier molecular flexibility index (Phi) is 3.84. The van der Waals surface area contributed by atoms with Crippen LogP contribution in [0.3, 0.4) is 0 Å². The smallest absolute Gasteiger partial charge is 0.312 e. The zero-order chi connectivity index (χ0) is 16.7. The van der Waals surface area contributed by atoms with Crippen molar-refractivity contribution < 1.29 is 9.53 Å². The van der Waals surface area contributed by atoms with Crippen molar-refractivity contribution in [2.75, 3.05) is 0 Å². The lowest BCUT2D eigenvalue weighted by Gasteiger charge is -2.25. The first-order valence-corrected chi connectivity index (χ1v) is 7.89. The molecule has 23 heavy (non-hydrogen) atoms. The third-order valence-electron chi connectivity index (χ3n) is 4.62. The average molecular weight is 311 g/mol. The Balaban J connectivity index is 2.13. The highest BCUT2D eigenvalue weighted by Gasteiger charge is 2.32. The topological polar surface area (TPSA) is 48.3 Å². The maximum absolute atomic E-state index is 12.7. The average Bonchev–Trinajstić information content (AvgIpc) is 2.52. The molecule has 4 nitrogen and oxygen atoms in total. The van der Waals surface area contributed by atoms with Crippen LogP contribution in [-0.2, 0) is 11.8 Å². The van der Waals surface area contributed by atoms with Crippen molar-refractivity contribution in [2.24, 2.45) is 7.05 Å². The molecular weight excluding hydrogens is 290 g/mol. The molecule has 0 saturated carbocycles. The van der Waals surface area contributed by atoms with Crippen LogP contribution in [0.25, 0.3) is 0 Å². The van der Waals surface area contributed by atoms with Crippen molar-refractivity contribution in [3.8, 4) is 5.75 Å². The first kappa shape index (κ1) is 15.5. The summed E-state index contributed by atoms with van der Waals surface area (Å²) in [6.45, 7) is 6.11. The first-order chi connectivity index (χ1) is 10.9. The molecule has 0 N–H and O–H groups in total. The summed E-state index contributed by atoms with van der Waals surface area (Å²) >= 11 is 0. The molecule has 3 rings (SSSR count). The van der Waals surface area contributed by atoms with E-state index in [0.29, 0.717) is 17.2 Å². The van der Waals surface area contributed by atoms with Crippen molar-refractivity contribution >= 4 is 5.97 Å². The van der Waals surface area contributed by atoms with E-state index in [4.69, 9.17) is 4.74 Å². The zero-order valence-corrected chi connectivity index (χ0v) is 13.9. The van der Waals surface area contributed by atoms with Gasteiger partial charge in [-0.15, -0.1) is 0 Å². The van der Waals surface area contributed by atoms with E-state index in [1.807, 2.05) is 19.1 Å². The third-order valence-corrected chi connectivity index (χ3v) is 4.62. The van der Waals surface area contributed by atoms with Gasteiger partial charge in [0.05, 0.1) is 12.0 Å². The maximum atomic E-state index is 12.7. The van der Waals surface area contributed by atoms with Gasteiger partial charge in [-0.1, -0.05) is 38.1 Å². The minimum absolute atomic E-state index is 0.0922. The van der Waals surface area contributed by atoms with Crippen molar-refractivity contribution in [1.29, 1.82) is 0 Å². The van der Waals surface area contributed by atoms with Gasteiger partial charge in [-0.05, 0) is 24.0 Å². The second kappa shape index (κ2) is 5.69. The molecular formula is C19H21NO3. The summed E-state index contributed by atoms with van der Waals surface area (Å²) in [7, 11) is 1.74. The lowest BCUT2D eigenvalue weighted by Crippen LogP contribution is -2.31. The van der Waals surface area contributed by atoms with Gasteiger partial charge < -0.3 is 9.30 Å². The van der Waals surface area contributed by atoms with Crippen LogP contribution in [-0.4, -0.2) is 10.5 Å². The van der Waals surface area contributed by atoms with Gasteiger partial charge in [0.2, 0.25) is 0 Å². The van der Waals surface area contributed by atoms with Gasteiger partial charge in [-0.25, -0.2) is 0 Å². The van der Waals surface area contributed by atoms with E-state index >= 15 is 0 Å². The minimum Gasteiger partial charge on any atom is -0.426 e. The molecule has 0 fully saturated rings. The summed E-state index contributed by atoms with van der Waals surface area (Å²) in [5.74, 6) is 0.317. The number of aromatic nitrogens is 1. The van der Waals surface area contributed by atoms with E-state index < -0.39 is 0 Å². The summed E-state index contributed by atoms with van der Waals surface area (Å²) in [6.07, 6.45) is 0.201. The van der Waals surface area contributed by atoms with Crippen LogP contribution < -0.4 is 10.3 Å². The number of aryl methyl sites for hydroxylation is 1. The Morgan fingerprint density at radius 1 is 1.17 bits per heavy atom. The van der Waals surface area contributed by atoms with Crippen LogP contribution in [0.1, 0.15) is 54.5 Å².